The molecule has 3 rings (SSSR count). The lowest BCUT2D eigenvalue weighted by atomic mass is 10.1. The van der Waals surface area contributed by atoms with Crippen LogP contribution in [-0.4, -0.2) is 30.8 Å². The van der Waals surface area contributed by atoms with Crippen molar-refractivity contribution in [1.29, 1.82) is 0 Å². The van der Waals surface area contributed by atoms with Gasteiger partial charge in [-0.3, -0.25) is 0 Å². The van der Waals surface area contributed by atoms with E-state index in [4.69, 9.17) is 4.74 Å². The Bertz CT molecular complexity index is 765. The Morgan fingerprint density at radius 3 is 2.74 bits per heavy atom. The van der Waals surface area contributed by atoms with Gasteiger partial charge in [0.05, 0.1) is 19.8 Å². The SMILES string of the molecule is CCNC(=NCc1ccccc1CO)NCCc1ccc2c(c1)CCO2.I. The predicted octanol–water partition coefficient (Wildman–Crippen LogP) is 3.03. The molecule has 0 spiro atoms. The molecule has 2 aromatic rings. The molecule has 0 saturated carbocycles. The molecule has 0 radical (unpaired) electrons. The van der Waals surface area contributed by atoms with E-state index in [0.29, 0.717) is 6.54 Å². The number of hydrogen-bond acceptors (Lipinski definition) is 3. The molecule has 1 aliphatic heterocycles. The van der Waals surface area contributed by atoms with Crippen molar-refractivity contribution < 1.29 is 9.84 Å². The highest BCUT2D eigenvalue weighted by Gasteiger charge is 2.11. The number of halogens is 1. The number of fused-ring (bicyclic) bond motifs is 1. The summed E-state index contributed by atoms with van der Waals surface area (Å²) in [6.45, 7) is 5.06. The molecule has 2 aromatic carbocycles. The molecule has 0 fully saturated rings. The highest BCUT2D eigenvalue weighted by Crippen LogP contribution is 2.25. The lowest BCUT2D eigenvalue weighted by molar-refractivity contribution is 0.280. The molecular weight excluding hydrogens is 453 g/mol. The van der Waals surface area contributed by atoms with Gasteiger partial charge in [0.15, 0.2) is 5.96 Å². The van der Waals surface area contributed by atoms with Crippen LogP contribution < -0.4 is 15.4 Å². The van der Waals surface area contributed by atoms with Gasteiger partial charge in [-0.1, -0.05) is 36.4 Å². The van der Waals surface area contributed by atoms with Gasteiger partial charge in [-0.25, -0.2) is 4.99 Å². The second kappa shape index (κ2) is 11.1. The second-order valence-electron chi connectivity index (χ2n) is 6.34. The third kappa shape index (κ3) is 6.10. The minimum atomic E-state index is 0. The Labute approximate surface area is 178 Å². The van der Waals surface area contributed by atoms with Crippen LogP contribution in [0.3, 0.4) is 0 Å². The zero-order chi connectivity index (χ0) is 18.2. The van der Waals surface area contributed by atoms with Gasteiger partial charge in [0.25, 0.3) is 0 Å². The van der Waals surface area contributed by atoms with Crippen LogP contribution in [0.1, 0.15) is 29.2 Å². The zero-order valence-corrected chi connectivity index (χ0v) is 18.0. The maximum absolute atomic E-state index is 9.43. The second-order valence-corrected chi connectivity index (χ2v) is 6.34. The van der Waals surface area contributed by atoms with Crippen LogP contribution in [0.5, 0.6) is 5.75 Å². The molecule has 1 heterocycles. The lowest BCUT2D eigenvalue weighted by Gasteiger charge is -2.12. The largest absolute Gasteiger partial charge is 0.493 e. The van der Waals surface area contributed by atoms with Crippen LogP contribution in [0.2, 0.25) is 0 Å². The Kier molecular flexibility index (Phi) is 8.87. The van der Waals surface area contributed by atoms with Crippen LogP contribution in [0.4, 0.5) is 0 Å². The molecular formula is C21H28IN3O2. The third-order valence-electron chi connectivity index (χ3n) is 4.50. The van der Waals surface area contributed by atoms with E-state index in [0.717, 1.165) is 55.4 Å². The zero-order valence-electron chi connectivity index (χ0n) is 15.7. The molecule has 1 aliphatic rings. The van der Waals surface area contributed by atoms with Gasteiger partial charge in [-0.2, -0.15) is 0 Å². The first-order valence-electron chi connectivity index (χ1n) is 9.24. The van der Waals surface area contributed by atoms with E-state index < -0.39 is 0 Å². The van der Waals surface area contributed by atoms with E-state index in [-0.39, 0.29) is 30.6 Å². The number of guanidine groups is 1. The number of rotatable bonds is 7. The number of aliphatic hydroxyl groups is 1. The molecule has 0 bridgehead atoms. The quantitative estimate of drug-likeness (QED) is 0.323. The number of ether oxygens (including phenoxy) is 1. The lowest BCUT2D eigenvalue weighted by Crippen LogP contribution is -2.38. The highest BCUT2D eigenvalue weighted by atomic mass is 127. The number of hydrogen-bond donors (Lipinski definition) is 3. The van der Waals surface area contributed by atoms with Gasteiger partial charge < -0.3 is 20.5 Å². The first-order valence-corrected chi connectivity index (χ1v) is 9.24. The fraction of sp³-hybridized carbons (Fsp3) is 0.381. The predicted molar refractivity (Wildman–Crippen MR) is 120 cm³/mol. The number of aliphatic hydroxyl groups excluding tert-OH is 1. The van der Waals surface area contributed by atoms with Gasteiger partial charge in [-0.15, -0.1) is 24.0 Å². The molecule has 0 atom stereocenters. The van der Waals surface area contributed by atoms with Crippen LogP contribution in [0.25, 0.3) is 0 Å². The minimum absolute atomic E-state index is 0. The molecule has 146 valence electrons. The molecule has 27 heavy (non-hydrogen) atoms. The van der Waals surface area contributed by atoms with E-state index in [1.54, 1.807) is 0 Å². The molecule has 0 unspecified atom stereocenters. The summed E-state index contributed by atoms with van der Waals surface area (Å²) in [6.07, 6.45) is 1.94. The van der Waals surface area contributed by atoms with Gasteiger partial charge in [0.1, 0.15) is 5.75 Å². The Hall–Kier alpha value is -1.80. The van der Waals surface area contributed by atoms with Crippen molar-refractivity contribution in [2.24, 2.45) is 4.99 Å². The van der Waals surface area contributed by atoms with E-state index >= 15 is 0 Å². The van der Waals surface area contributed by atoms with Crippen LogP contribution >= 0.6 is 24.0 Å². The van der Waals surface area contributed by atoms with Gasteiger partial charge in [0.2, 0.25) is 0 Å². The van der Waals surface area contributed by atoms with Crippen LogP contribution in [0, 0.1) is 0 Å². The monoisotopic (exact) mass is 481 g/mol. The number of benzene rings is 2. The van der Waals surface area contributed by atoms with Crippen molar-refractivity contribution in [2.45, 2.75) is 32.9 Å². The smallest absolute Gasteiger partial charge is 0.191 e. The van der Waals surface area contributed by atoms with Gasteiger partial charge in [0, 0.05) is 19.5 Å². The molecule has 0 aromatic heterocycles. The van der Waals surface area contributed by atoms with E-state index in [2.05, 4.69) is 40.7 Å². The first-order chi connectivity index (χ1) is 12.8. The number of nitrogens with zero attached hydrogens (tertiary/aromatic N) is 1. The van der Waals surface area contributed by atoms with Crippen LogP contribution in [0.15, 0.2) is 47.5 Å². The fourth-order valence-electron chi connectivity index (χ4n) is 3.09. The molecule has 0 aliphatic carbocycles. The molecule has 3 N–H and O–H groups in total. The highest BCUT2D eigenvalue weighted by molar-refractivity contribution is 14.0. The van der Waals surface area contributed by atoms with Crippen LogP contribution in [-0.2, 0) is 26.0 Å². The fourth-order valence-corrected chi connectivity index (χ4v) is 3.09. The molecule has 5 nitrogen and oxygen atoms in total. The van der Waals surface area contributed by atoms with Crippen molar-refractivity contribution in [3.05, 3.63) is 64.7 Å². The van der Waals surface area contributed by atoms with Crippen molar-refractivity contribution in [1.82, 2.24) is 10.6 Å². The van der Waals surface area contributed by atoms with Gasteiger partial charge in [-0.05, 0) is 41.7 Å². The normalized spacial score (nSPS) is 12.7. The summed E-state index contributed by atoms with van der Waals surface area (Å²) >= 11 is 0. The molecule has 0 saturated heterocycles. The van der Waals surface area contributed by atoms with E-state index in [9.17, 15) is 5.11 Å². The van der Waals surface area contributed by atoms with Crippen molar-refractivity contribution in [3.8, 4) is 5.75 Å². The first kappa shape index (κ1) is 21.5. The Balaban J connectivity index is 0.00000261. The van der Waals surface area contributed by atoms with Crippen molar-refractivity contribution in [2.75, 3.05) is 19.7 Å². The third-order valence-corrected chi connectivity index (χ3v) is 4.50. The summed E-state index contributed by atoms with van der Waals surface area (Å²) in [5.74, 6) is 1.82. The summed E-state index contributed by atoms with van der Waals surface area (Å²) < 4.78 is 5.56. The summed E-state index contributed by atoms with van der Waals surface area (Å²) in [6, 6.07) is 14.3. The van der Waals surface area contributed by atoms with Gasteiger partial charge >= 0.3 is 0 Å². The van der Waals surface area contributed by atoms with Crippen molar-refractivity contribution >= 4 is 29.9 Å². The Morgan fingerprint density at radius 2 is 1.96 bits per heavy atom. The molecule has 0 amide bonds. The average molecular weight is 481 g/mol. The topological polar surface area (TPSA) is 65.9 Å². The number of aliphatic imine (C=N–C) groups is 1. The summed E-state index contributed by atoms with van der Waals surface area (Å²) in [7, 11) is 0. The van der Waals surface area contributed by atoms with E-state index in [1.807, 2.05) is 24.3 Å². The number of nitrogens with one attached hydrogen (secondary N) is 2. The summed E-state index contributed by atoms with van der Waals surface area (Å²) in [5.41, 5.74) is 4.59. The van der Waals surface area contributed by atoms with E-state index in [1.165, 1.54) is 11.1 Å². The molecule has 6 heteroatoms. The standard InChI is InChI=1S/C21H27N3O2.HI/c1-2-22-21(24-14-18-5-3-4-6-19(18)15-25)23-11-9-16-7-8-20-17(13-16)10-12-26-20;/h3-8,13,25H,2,9-12,14-15H2,1H3,(H2,22,23,24);1H. The Morgan fingerprint density at radius 1 is 1.15 bits per heavy atom. The maximum atomic E-state index is 9.43. The van der Waals surface area contributed by atoms with Crippen molar-refractivity contribution in [3.63, 3.8) is 0 Å². The maximum Gasteiger partial charge on any atom is 0.191 e. The minimum Gasteiger partial charge on any atom is -0.493 e. The summed E-state index contributed by atoms with van der Waals surface area (Å²) in [5, 5.41) is 16.1. The summed E-state index contributed by atoms with van der Waals surface area (Å²) in [4.78, 5) is 4.64. The average Bonchev–Trinajstić information content (AvgIpc) is 3.14.